The second-order valence-corrected chi connectivity index (χ2v) is 7.04. The van der Waals surface area contributed by atoms with Crippen LogP contribution in [0, 0.1) is 5.82 Å². The van der Waals surface area contributed by atoms with Crippen molar-refractivity contribution in [3.05, 3.63) is 30.1 Å². The van der Waals surface area contributed by atoms with Crippen molar-refractivity contribution in [2.75, 3.05) is 69.8 Å². The van der Waals surface area contributed by atoms with E-state index in [9.17, 15) is 4.39 Å². The number of benzene rings is 1. The first-order chi connectivity index (χ1) is 12.2. The zero-order valence-electron chi connectivity index (χ0n) is 15.7. The van der Waals surface area contributed by atoms with Crippen LogP contribution in [-0.4, -0.2) is 75.7 Å². The van der Waals surface area contributed by atoms with E-state index in [0.29, 0.717) is 0 Å². The Morgan fingerprint density at radius 2 is 1.85 bits per heavy atom. The van der Waals surface area contributed by atoms with Gasteiger partial charge in [-0.15, -0.1) is 24.0 Å². The molecule has 5 nitrogen and oxygen atoms in total. The van der Waals surface area contributed by atoms with Gasteiger partial charge in [-0.1, -0.05) is 12.1 Å². The quantitative estimate of drug-likeness (QED) is 0.251. The number of anilines is 1. The summed E-state index contributed by atoms with van der Waals surface area (Å²) >= 11 is 1.82. The van der Waals surface area contributed by atoms with Crippen molar-refractivity contribution in [1.82, 2.24) is 15.5 Å². The molecule has 0 bridgehead atoms. The summed E-state index contributed by atoms with van der Waals surface area (Å²) in [5.41, 5.74) is 0.726. The molecule has 0 radical (unpaired) electrons. The Labute approximate surface area is 178 Å². The molecule has 0 spiro atoms. The van der Waals surface area contributed by atoms with E-state index < -0.39 is 0 Å². The third kappa shape index (κ3) is 7.87. The van der Waals surface area contributed by atoms with Crippen molar-refractivity contribution in [3.8, 4) is 0 Å². The number of nitrogens with one attached hydrogen (secondary N) is 2. The van der Waals surface area contributed by atoms with Gasteiger partial charge in [0.15, 0.2) is 5.96 Å². The molecule has 0 atom stereocenters. The fourth-order valence-corrected chi connectivity index (χ4v) is 3.23. The van der Waals surface area contributed by atoms with Gasteiger partial charge in [0.2, 0.25) is 0 Å². The minimum absolute atomic E-state index is 0. The van der Waals surface area contributed by atoms with E-state index in [1.807, 2.05) is 23.9 Å². The number of piperazine rings is 1. The SMILES string of the molecule is CN=C(NCCCN1CCN(c2ccccc2F)CC1)NCCSC.I. The average molecular weight is 495 g/mol. The normalized spacial score (nSPS) is 15.5. The van der Waals surface area contributed by atoms with Crippen molar-refractivity contribution in [2.24, 2.45) is 4.99 Å². The molecule has 148 valence electrons. The molecule has 1 aromatic carbocycles. The summed E-state index contributed by atoms with van der Waals surface area (Å²) in [5.74, 6) is 1.83. The van der Waals surface area contributed by atoms with Crippen LogP contribution in [0.25, 0.3) is 0 Å². The second-order valence-electron chi connectivity index (χ2n) is 6.05. The number of nitrogens with zero attached hydrogens (tertiary/aromatic N) is 3. The lowest BCUT2D eigenvalue weighted by Gasteiger charge is -2.36. The van der Waals surface area contributed by atoms with Gasteiger partial charge in [-0.2, -0.15) is 11.8 Å². The van der Waals surface area contributed by atoms with E-state index >= 15 is 0 Å². The van der Waals surface area contributed by atoms with Crippen LogP contribution < -0.4 is 15.5 Å². The van der Waals surface area contributed by atoms with E-state index in [4.69, 9.17) is 0 Å². The number of hydrogen-bond acceptors (Lipinski definition) is 4. The highest BCUT2D eigenvalue weighted by molar-refractivity contribution is 14.0. The van der Waals surface area contributed by atoms with Gasteiger partial charge in [0.25, 0.3) is 0 Å². The summed E-state index contributed by atoms with van der Waals surface area (Å²) in [6.45, 7) is 6.62. The molecule has 1 fully saturated rings. The molecule has 0 amide bonds. The zero-order chi connectivity index (χ0) is 17.9. The maximum absolute atomic E-state index is 13.9. The average Bonchev–Trinajstić information content (AvgIpc) is 2.65. The lowest BCUT2D eigenvalue weighted by molar-refractivity contribution is 0.254. The fraction of sp³-hybridized carbons (Fsp3) is 0.611. The summed E-state index contributed by atoms with van der Waals surface area (Å²) in [6, 6.07) is 7.04. The predicted octanol–water partition coefficient (Wildman–Crippen LogP) is 2.48. The molecule has 0 aliphatic carbocycles. The minimum atomic E-state index is -0.125. The monoisotopic (exact) mass is 495 g/mol. The number of para-hydroxylation sites is 1. The molecular weight excluding hydrogens is 464 g/mol. The third-order valence-corrected chi connectivity index (χ3v) is 4.94. The summed E-state index contributed by atoms with van der Waals surface area (Å²) in [6.07, 6.45) is 3.17. The molecule has 1 aromatic rings. The Bertz CT molecular complexity index is 538. The summed E-state index contributed by atoms with van der Waals surface area (Å²) in [5, 5.41) is 6.65. The van der Waals surface area contributed by atoms with Gasteiger partial charge in [-0.05, 0) is 31.4 Å². The highest BCUT2D eigenvalue weighted by Crippen LogP contribution is 2.20. The molecule has 8 heteroatoms. The third-order valence-electron chi connectivity index (χ3n) is 4.33. The van der Waals surface area contributed by atoms with Crippen LogP contribution in [0.1, 0.15) is 6.42 Å². The van der Waals surface area contributed by atoms with E-state index in [0.717, 1.165) is 69.6 Å². The Morgan fingerprint density at radius 3 is 2.50 bits per heavy atom. The first-order valence-corrected chi connectivity index (χ1v) is 10.3. The maximum Gasteiger partial charge on any atom is 0.191 e. The minimum Gasteiger partial charge on any atom is -0.367 e. The van der Waals surface area contributed by atoms with Crippen LogP contribution >= 0.6 is 35.7 Å². The molecule has 1 saturated heterocycles. The number of aliphatic imine (C=N–C) groups is 1. The van der Waals surface area contributed by atoms with E-state index in [2.05, 4.69) is 31.7 Å². The Morgan fingerprint density at radius 1 is 1.15 bits per heavy atom. The highest BCUT2D eigenvalue weighted by atomic mass is 127. The van der Waals surface area contributed by atoms with Gasteiger partial charge < -0.3 is 15.5 Å². The first-order valence-electron chi connectivity index (χ1n) is 8.90. The molecule has 0 aromatic heterocycles. The predicted molar refractivity (Wildman–Crippen MR) is 123 cm³/mol. The number of hydrogen-bond donors (Lipinski definition) is 2. The maximum atomic E-state index is 13.9. The van der Waals surface area contributed by atoms with Crippen LogP contribution in [-0.2, 0) is 0 Å². The molecule has 1 heterocycles. The molecular formula is C18H31FIN5S. The van der Waals surface area contributed by atoms with Crippen molar-refractivity contribution in [2.45, 2.75) is 6.42 Å². The smallest absolute Gasteiger partial charge is 0.191 e. The number of rotatable bonds is 8. The topological polar surface area (TPSA) is 42.9 Å². The van der Waals surface area contributed by atoms with Crippen LogP contribution in [0.4, 0.5) is 10.1 Å². The molecule has 2 N–H and O–H groups in total. The lowest BCUT2D eigenvalue weighted by atomic mass is 10.2. The van der Waals surface area contributed by atoms with Crippen LogP contribution in [0.5, 0.6) is 0 Å². The molecule has 1 aliphatic rings. The Balaban J connectivity index is 0.00000338. The largest absolute Gasteiger partial charge is 0.367 e. The van der Waals surface area contributed by atoms with Gasteiger partial charge in [-0.3, -0.25) is 9.89 Å². The van der Waals surface area contributed by atoms with Crippen LogP contribution in [0.3, 0.4) is 0 Å². The van der Waals surface area contributed by atoms with Crippen LogP contribution in [0.2, 0.25) is 0 Å². The summed E-state index contributed by atoms with van der Waals surface area (Å²) in [7, 11) is 1.80. The van der Waals surface area contributed by atoms with Gasteiger partial charge >= 0.3 is 0 Å². The summed E-state index contributed by atoms with van der Waals surface area (Å²) < 4.78 is 13.9. The fourth-order valence-electron chi connectivity index (χ4n) is 2.92. The number of guanidine groups is 1. The van der Waals surface area contributed by atoms with E-state index in [-0.39, 0.29) is 29.8 Å². The highest BCUT2D eigenvalue weighted by Gasteiger charge is 2.18. The van der Waals surface area contributed by atoms with Gasteiger partial charge in [0.1, 0.15) is 5.82 Å². The second kappa shape index (κ2) is 13.4. The number of halogens is 2. The van der Waals surface area contributed by atoms with Gasteiger partial charge in [0, 0.05) is 52.1 Å². The van der Waals surface area contributed by atoms with Gasteiger partial charge in [-0.25, -0.2) is 4.39 Å². The first kappa shape index (κ1) is 23.3. The van der Waals surface area contributed by atoms with E-state index in [1.165, 1.54) is 6.07 Å². The molecule has 26 heavy (non-hydrogen) atoms. The van der Waals surface area contributed by atoms with Crippen molar-refractivity contribution >= 4 is 47.4 Å². The molecule has 0 unspecified atom stereocenters. The number of thioether (sulfide) groups is 1. The molecule has 1 aliphatic heterocycles. The van der Waals surface area contributed by atoms with Crippen molar-refractivity contribution in [1.29, 1.82) is 0 Å². The standard InChI is InChI=1S/C18H30FN5S.HI/c1-20-18(22-9-15-25-2)21-8-5-10-23-11-13-24(14-12-23)17-7-4-3-6-16(17)19;/h3-4,6-7H,5,8-15H2,1-2H3,(H2,20,21,22);1H. The van der Waals surface area contributed by atoms with E-state index in [1.54, 1.807) is 13.1 Å². The van der Waals surface area contributed by atoms with Crippen LogP contribution in [0.15, 0.2) is 29.3 Å². The zero-order valence-corrected chi connectivity index (χ0v) is 18.9. The summed E-state index contributed by atoms with van der Waals surface area (Å²) in [4.78, 5) is 8.81. The lowest BCUT2D eigenvalue weighted by Crippen LogP contribution is -2.47. The Kier molecular flexibility index (Phi) is 12.0. The van der Waals surface area contributed by atoms with Crippen molar-refractivity contribution in [3.63, 3.8) is 0 Å². The molecule has 0 saturated carbocycles. The molecule has 2 rings (SSSR count). The Hall–Kier alpha value is -0.740. The van der Waals surface area contributed by atoms with Gasteiger partial charge in [0.05, 0.1) is 5.69 Å². The van der Waals surface area contributed by atoms with Crippen molar-refractivity contribution < 1.29 is 4.39 Å².